The molecule has 6 nitrogen and oxygen atoms in total. The van der Waals surface area contributed by atoms with E-state index in [1.165, 1.54) is 0 Å². The summed E-state index contributed by atoms with van der Waals surface area (Å²) < 4.78 is 29.3. The third-order valence-corrected chi connectivity index (χ3v) is 4.92. The predicted molar refractivity (Wildman–Crippen MR) is 80.1 cm³/mol. The van der Waals surface area contributed by atoms with Gasteiger partial charge in [-0.2, -0.15) is 0 Å². The van der Waals surface area contributed by atoms with Gasteiger partial charge in [-0.15, -0.1) is 0 Å². The van der Waals surface area contributed by atoms with Gasteiger partial charge in [0.05, 0.1) is 0 Å². The van der Waals surface area contributed by atoms with Crippen LogP contribution in [-0.2, 0) is 17.1 Å². The number of hydrogen-bond donors (Lipinski definition) is 1. The van der Waals surface area contributed by atoms with E-state index in [9.17, 15) is 8.42 Å². The third-order valence-electron chi connectivity index (χ3n) is 3.56. The maximum absolute atomic E-state index is 12.4. The molecular weight excluding hydrogens is 276 g/mol. The lowest BCUT2D eigenvalue weighted by Gasteiger charge is -2.26. The number of hydrogen-bond acceptors (Lipinski definition) is 4. The second-order valence-corrected chi connectivity index (χ2v) is 7.27. The van der Waals surface area contributed by atoms with Crippen LogP contribution in [0.2, 0.25) is 0 Å². The summed E-state index contributed by atoms with van der Waals surface area (Å²) in [6.07, 6.45) is 2.46. The summed E-state index contributed by atoms with van der Waals surface area (Å²) in [5.41, 5.74) is 0. The van der Waals surface area contributed by atoms with Crippen LogP contribution < -0.4 is 4.72 Å². The first-order valence-corrected chi connectivity index (χ1v) is 8.32. The number of aromatic nitrogens is 2. The summed E-state index contributed by atoms with van der Waals surface area (Å²) in [5, 5.41) is 0.0876. The minimum absolute atomic E-state index is 0.0876. The lowest BCUT2D eigenvalue weighted by molar-refractivity contribution is 0.299. The largest absolute Gasteiger partial charge is 0.337 e. The third kappa shape index (κ3) is 4.29. The monoisotopic (exact) mass is 302 g/mol. The van der Waals surface area contributed by atoms with Crippen LogP contribution in [0.5, 0.6) is 0 Å². The van der Waals surface area contributed by atoms with Crippen LogP contribution in [0, 0.1) is 12.8 Å². The summed E-state index contributed by atoms with van der Waals surface area (Å²) >= 11 is 0. The van der Waals surface area contributed by atoms with Gasteiger partial charge in [0, 0.05) is 25.8 Å². The van der Waals surface area contributed by atoms with Gasteiger partial charge in [-0.3, -0.25) is 0 Å². The number of aryl methyl sites for hydroxylation is 2. The van der Waals surface area contributed by atoms with Crippen molar-refractivity contribution < 1.29 is 8.42 Å². The molecule has 0 aliphatic carbocycles. The standard InChI is InChI=1S/C13H26N4O2S/c1-7-10(2)12(8-16(4)5)15-20(18,19)13-9-17(6)11(3)14-13/h9-10,12,15H,7-8H2,1-6H3/t10-,12+/m0/s1. The Labute approximate surface area is 122 Å². The van der Waals surface area contributed by atoms with Crippen LogP contribution >= 0.6 is 0 Å². The van der Waals surface area contributed by atoms with Gasteiger partial charge >= 0.3 is 0 Å². The number of sulfonamides is 1. The van der Waals surface area contributed by atoms with E-state index in [0.717, 1.165) is 6.42 Å². The van der Waals surface area contributed by atoms with Gasteiger partial charge in [-0.25, -0.2) is 18.1 Å². The molecule has 0 aromatic carbocycles. The Kier molecular flexibility index (Phi) is 5.73. The van der Waals surface area contributed by atoms with Crippen molar-refractivity contribution in [3.63, 3.8) is 0 Å². The summed E-state index contributed by atoms with van der Waals surface area (Å²) in [4.78, 5) is 6.09. The molecule has 116 valence electrons. The summed E-state index contributed by atoms with van der Waals surface area (Å²) in [5.74, 6) is 0.940. The zero-order chi connectivity index (χ0) is 15.5. The molecule has 1 rings (SSSR count). The van der Waals surface area contributed by atoms with E-state index in [4.69, 9.17) is 0 Å². The average molecular weight is 302 g/mol. The maximum atomic E-state index is 12.4. The van der Waals surface area contributed by atoms with E-state index in [-0.39, 0.29) is 17.0 Å². The van der Waals surface area contributed by atoms with Crippen molar-refractivity contribution in [1.29, 1.82) is 0 Å². The molecule has 0 spiro atoms. The summed E-state index contributed by atoms with van der Waals surface area (Å²) in [6.45, 7) is 6.57. The highest BCUT2D eigenvalue weighted by atomic mass is 32.2. The molecule has 1 aromatic rings. The lowest BCUT2D eigenvalue weighted by atomic mass is 10.00. The topological polar surface area (TPSA) is 67.2 Å². The quantitative estimate of drug-likeness (QED) is 0.815. The zero-order valence-corrected chi connectivity index (χ0v) is 14.0. The molecule has 2 atom stereocenters. The van der Waals surface area contributed by atoms with Gasteiger partial charge in [-0.05, 0) is 26.9 Å². The fraction of sp³-hybridized carbons (Fsp3) is 0.769. The second-order valence-electron chi connectivity index (χ2n) is 5.61. The van der Waals surface area contributed by atoms with Crippen LogP contribution in [0.1, 0.15) is 26.1 Å². The first kappa shape index (κ1) is 17.1. The normalized spacial score (nSPS) is 15.6. The van der Waals surface area contributed by atoms with Crippen LogP contribution in [0.3, 0.4) is 0 Å². The Balaban J connectivity index is 2.96. The molecule has 1 aromatic heterocycles. The molecule has 20 heavy (non-hydrogen) atoms. The van der Waals surface area contributed by atoms with Crippen LogP contribution in [0.4, 0.5) is 0 Å². The highest BCUT2D eigenvalue weighted by Crippen LogP contribution is 2.14. The highest BCUT2D eigenvalue weighted by Gasteiger charge is 2.26. The first-order valence-electron chi connectivity index (χ1n) is 6.84. The Morgan fingerprint density at radius 2 is 2.05 bits per heavy atom. The number of nitrogens with one attached hydrogen (secondary N) is 1. The molecule has 0 aliphatic heterocycles. The van der Waals surface area contributed by atoms with Crippen molar-refractivity contribution in [2.24, 2.45) is 13.0 Å². The van der Waals surface area contributed by atoms with Gasteiger partial charge < -0.3 is 9.47 Å². The minimum Gasteiger partial charge on any atom is -0.337 e. The smallest absolute Gasteiger partial charge is 0.259 e. The van der Waals surface area contributed by atoms with Crippen molar-refractivity contribution in [3.8, 4) is 0 Å². The fourth-order valence-corrected chi connectivity index (χ4v) is 3.30. The van der Waals surface area contributed by atoms with E-state index >= 15 is 0 Å². The molecule has 0 saturated heterocycles. The van der Waals surface area contributed by atoms with Gasteiger partial charge in [0.2, 0.25) is 0 Å². The second kappa shape index (κ2) is 6.69. The fourth-order valence-electron chi connectivity index (χ4n) is 1.93. The number of likely N-dealkylation sites (N-methyl/N-ethyl adjacent to an activating group) is 1. The van der Waals surface area contributed by atoms with Gasteiger partial charge in [0.15, 0.2) is 5.03 Å². The average Bonchev–Trinajstić information content (AvgIpc) is 2.68. The Morgan fingerprint density at radius 3 is 2.45 bits per heavy atom. The van der Waals surface area contributed by atoms with Gasteiger partial charge in [-0.1, -0.05) is 20.3 Å². The van der Waals surface area contributed by atoms with Crippen molar-refractivity contribution in [3.05, 3.63) is 12.0 Å². The molecule has 1 N–H and O–H groups in total. The van der Waals surface area contributed by atoms with Gasteiger partial charge in [0.1, 0.15) is 5.82 Å². The van der Waals surface area contributed by atoms with Crippen molar-refractivity contribution in [1.82, 2.24) is 19.2 Å². The Bertz CT molecular complexity index is 517. The van der Waals surface area contributed by atoms with Crippen LogP contribution in [0.25, 0.3) is 0 Å². The Hall–Kier alpha value is -0.920. The van der Waals surface area contributed by atoms with Gasteiger partial charge in [0.25, 0.3) is 10.0 Å². The summed E-state index contributed by atoms with van der Waals surface area (Å²) in [6, 6.07) is -0.123. The predicted octanol–water partition coefficient (Wildman–Crippen LogP) is 0.983. The van der Waals surface area contributed by atoms with E-state index in [1.54, 1.807) is 24.7 Å². The lowest BCUT2D eigenvalue weighted by Crippen LogP contribution is -2.45. The first-order chi connectivity index (χ1) is 9.17. The number of rotatable bonds is 7. The van der Waals surface area contributed by atoms with E-state index in [0.29, 0.717) is 12.4 Å². The molecule has 7 heteroatoms. The molecule has 0 unspecified atom stereocenters. The molecule has 0 amide bonds. The molecule has 0 saturated carbocycles. The highest BCUT2D eigenvalue weighted by molar-refractivity contribution is 7.89. The molecule has 0 fully saturated rings. The molecule has 0 radical (unpaired) electrons. The van der Waals surface area contributed by atoms with E-state index in [1.807, 2.05) is 19.0 Å². The van der Waals surface area contributed by atoms with Crippen molar-refractivity contribution in [2.45, 2.75) is 38.3 Å². The van der Waals surface area contributed by atoms with E-state index < -0.39 is 10.0 Å². The maximum Gasteiger partial charge on any atom is 0.259 e. The van der Waals surface area contributed by atoms with Crippen LogP contribution in [0.15, 0.2) is 11.2 Å². The molecular formula is C13H26N4O2S. The zero-order valence-electron chi connectivity index (χ0n) is 13.2. The van der Waals surface area contributed by atoms with Crippen molar-refractivity contribution >= 4 is 10.0 Å². The summed E-state index contributed by atoms with van der Waals surface area (Å²) in [7, 11) is 2.09. The Morgan fingerprint density at radius 1 is 1.45 bits per heavy atom. The molecule has 0 bridgehead atoms. The van der Waals surface area contributed by atoms with Crippen LogP contribution in [-0.4, -0.2) is 49.6 Å². The number of imidazole rings is 1. The SMILES string of the molecule is CC[C@H](C)[C@@H](CN(C)C)NS(=O)(=O)c1cn(C)c(C)n1. The van der Waals surface area contributed by atoms with E-state index in [2.05, 4.69) is 23.6 Å². The minimum atomic E-state index is -3.57. The molecule has 1 heterocycles. The number of nitrogens with zero attached hydrogens (tertiary/aromatic N) is 3. The van der Waals surface area contributed by atoms with Crippen molar-refractivity contribution in [2.75, 3.05) is 20.6 Å². The molecule has 0 aliphatic rings.